The Labute approximate surface area is 212 Å². The van der Waals surface area contributed by atoms with E-state index < -0.39 is 17.8 Å². The van der Waals surface area contributed by atoms with Crippen molar-refractivity contribution in [3.05, 3.63) is 52.5 Å². The summed E-state index contributed by atoms with van der Waals surface area (Å²) in [5, 5.41) is 11.7. The van der Waals surface area contributed by atoms with E-state index in [9.17, 15) is 18.0 Å². The number of nitrogens with one attached hydrogen (secondary N) is 1. The fourth-order valence-electron chi connectivity index (χ4n) is 5.29. The lowest BCUT2D eigenvalue weighted by molar-refractivity contribution is -0.138. The van der Waals surface area contributed by atoms with Crippen LogP contribution in [0.3, 0.4) is 0 Å². The Kier molecular flexibility index (Phi) is 6.59. The maximum Gasteiger partial charge on any atom is 0.416 e. The van der Waals surface area contributed by atoms with Crippen LogP contribution < -0.4 is 10.2 Å². The van der Waals surface area contributed by atoms with Crippen LogP contribution in [-0.4, -0.2) is 64.1 Å². The van der Waals surface area contributed by atoms with Gasteiger partial charge in [0.1, 0.15) is 5.52 Å². The molecule has 36 heavy (non-hydrogen) atoms. The number of alkyl halides is 3. The number of aromatic nitrogens is 3. The first-order valence-electron chi connectivity index (χ1n) is 12.1. The van der Waals surface area contributed by atoms with E-state index in [1.165, 1.54) is 16.8 Å². The number of rotatable bonds is 4. The second kappa shape index (κ2) is 9.55. The molecule has 3 heterocycles. The molecule has 0 bridgehead atoms. The number of amides is 1. The third-order valence-corrected chi connectivity index (χ3v) is 7.46. The molecule has 1 aromatic heterocycles. The lowest BCUT2D eigenvalue weighted by Crippen LogP contribution is -2.57. The summed E-state index contributed by atoms with van der Waals surface area (Å²) in [6.45, 7) is 6.54. The van der Waals surface area contributed by atoms with Crippen LogP contribution in [0.2, 0.25) is 5.02 Å². The van der Waals surface area contributed by atoms with Crippen LogP contribution in [-0.2, 0) is 11.0 Å². The van der Waals surface area contributed by atoms with E-state index in [-0.39, 0.29) is 28.6 Å². The standard InChI is InChI=1S/C25H28ClF3N6O/c1-15-14-33(10-11-34(15)24(36)22-4-3-9-30-22)18-6-8-21-23(13-18)35(32-31-21)16(2)19-7-5-17(26)12-20(19)25(27,28)29/h5-8,12-13,15-16,22,30H,3-4,9-11,14H2,1-2H3. The van der Waals surface area contributed by atoms with Crippen molar-refractivity contribution in [2.24, 2.45) is 0 Å². The second-order valence-corrected chi connectivity index (χ2v) is 10.0. The summed E-state index contributed by atoms with van der Waals surface area (Å²) in [5.41, 5.74) is 1.45. The normalized spacial score (nSPS) is 21.8. The number of carbonyl (C=O) groups excluding carboxylic acids is 1. The van der Waals surface area contributed by atoms with Crippen molar-refractivity contribution in [2.75, 3.05) is 31.1 Å². The number of halogens is 4. The van der Waals surface area contributed by atoms with Crippen LogP contribution in [0, 0.1) is 0 Å². The van der Waals surface area contributed by atoms with E-state index in [1.54, 1.807) is 6.92 Å². The van der Waals surface area contributed by atoms with Crippen molar-refractivity contribution < 1.29 is 18.0 Å². The van der Waals surface area contributed by atoms with Gasteiger partial charge in [-0.2, -0.15) is 13.2 Å². The SMILES string of the molecule is CC1CN(c2ccc3nnn(C(C)c4ccc(Cl)cc4C(F)(F)F)c3c2)CCN1C(=O)C1CCCN1. The van der Waals surface area contributed by atoms with Gasteiger partial charge in [-0.15, -0.1) is 5.10 Å². The molecule has 3 atom stereocenters. The second-order valence-electron chi connectivity index (χ2n) is 9.59. The number of benzene rings is 2. The largest absolute Gasteiger partial charge is 0.416 e. The zero-order chi connectivity index (χ0) is 25.6. The summed E-state index contributed by atoms with van der Waals surface area (Å²) in [6.07, 6.45) is -2.65. The number of hydrogen-bond donors (Lipinski definition) is 1. The van der Waals surface area contributed by atoms with Crippen LogP contribution in [0.4, 0.5) is 18.9 Å². The Hall–Kier alpha value is -2.85. The Morgan fingerprint density at radius 3 is 2.69 bits per heavy atom. The van der Waals surface area contributed by atoms with Gasteiger partial charge < -0.3 is 15.1 Å². The van der Waals surface area contributed by atoms with Gasteiger partial charge in [0.2, 0.25) is 5.91 Å². The zero-order valence-corrected chi connectivity index (χ0v) is 20.9. The smallest absolute Gasteiger partial charge is 0.368 e. The van der Waals surface area contributed by atoms with Crippen molar-refractivity contribution in [1.82, 2.24) is 25.2 Å². The molecule has 11 heteroatoms. The molecule has 2 aromatic carbocycles. The van der Waals surface area contributed by atoms with Crippen LogP contribution in [0.1, 0.15) is 43.9 Å². The summed E-state index contributed by atoms with van der Waals surface area (Å²) in [4.78, 5) is 17.0. The van der Waals surface area contributed by atoms with E-state index in [0.29, 0.717) is 30.7 Å². The highest BCUT2D eigenvalue weighted by atomic mass is 35.5. The van der Waals surface area contributed by atoms with Crippen LogP contribution in [0.5, 0.6) is 0 Å². The zero-order valence-electron chi connectivity index (χ0n) is 20.1. The van der Waals surface area contributed by atoms with E-state index in [2.05, 4.69) is 20.5 Å². The summed E-state index contributed by atoms with van der Waals surface area (Å²) >= 11 is 5.86. The molecule has 7 nitrogen and oxygen atoms in total. The third kappa shape index (κ3) is 4.64. The van der Waals surface area contributed by atoms with Gasteiger partial charge in [-0.25, -0.2) is 4.68 Å². The van der Waals surface area contributed by atoms with E-state index in [1.807, 2.05) is 30.0 Å². The number of nitrogens with zero attached hydrogens (tertiary/aromatic N) is 5. The first kappa shape index (κ1) is 24.8. The Bertz CT molecular complexity index is 1270. The monoisotopic (exact) mass is 520 g/mol. The van der Waals surface area contributed by atoms with Crippen LogP contribution in [0.25, 0.3) is 11.0 Å². The van der Waals surface area contributed by atoms with Crippen LogP contribution >= 0.6 is 11.6 Å². The molecule has 3 aromatic rings. The lowest BCUT2D eigenvalue weighted by atomic mass is 10.0. The molecule has 1 amide bonds. The average molecular weight is 521 g/mol. The van der Waals surface area contributed by atoms with Gasteiger partial charge in [0, 0.05) is 36.4 Å². The molecule has 2 fully saturated rings. The first-order chi connectivity index (χ1) is 17.1. The quantitative estimate of drug-likeness (QED) is 0.548. The number of fused-ring (bicyclic) bond motifs is 1. The number of hydrogen-bond acceptors (Lipinski definition) is 5. The number of carbonyl (C=O) groups is 1. The topological polar surface area (TPSA) is 66.3 Å². The molecule has 192 valence electrons. The highest BCUT2D eigenvalue weighted by Crippen LogP contribution is 2.38. The predicted octanol–water partition coefficient (Wildman–Crippen LogP) is 4.50. The highest BCUT2D eigenvalue weighted by molar-refractivity contribution is 6.30. The van der Waals surface area contributed by atoms with Crippen molar-refractivity contribution in [3.8, 4) is 0 Å². The molecule has 0 saturated carbocycles. The average Bonchev–Trinajstić information content (AvgIpc) is 3.52. The fraction of sp³-hybridized carbons (Fsp3) is 0.480. The van der Waals surface area contributed by atoms with Gasteiger partial charge >= 0.3 is 6.18 Å². The summed E-state index contributed by atoms with van der Waals surface area (Å²) in [6, 6.07) is 8.71. The van der Waals surface area contributed by atoms with Crippen molar-refractivity contribution in [2.45, 2.75) is 51.0 Å². The van der Waals surface area contributed by atoms with E-state index in [0.717, 1.165) is 31.1 Å². The fourth-order valence-corrected chi connectivity index (χ4v) is 5.46. The van der Waals surface area contributed by atoms with Gasteiger partial charge in [0.05, 0.1) is 23.2 Å². The van der Waals surface area contributed by atoms with Crippen LogP contribution in [0.15, 0.2) is 36.4 Å². The lowest BCUT2D eigenvalue weighted by Gasteiger charge is -2.42. The molecule has 2 saturated heterocycles. The molecule has 2 aliphatic rings. The summed E-state index contributed by atoms with van der Waals surface area (Å²) in [7, 11) is 0. The molecule has 0 spiro atoms. The molecular formula is C25H28ClF3N6O. The molecule has 5 rings (SSSR count). The maximum absolute atomic E-state index is 13.7. The number of piperazine rings is 1. The van der Waals surface area contributed by atoms with Crippen molar-refractivity contribution >= 4 is 34.2 Å². The minimum absolute atomic E-state index is 0.0273. The Morgan fingerprint density at radius 1 is 1.19 bits per heavy atom. The Balaban J connectivity index is 1.40. The number of anilines is 1. The van der Waals surface area contributed by atoms with Gasteiger partial charge in [0.15, 0.2) is 0 Å². The molecule has 1 N–H and O–H groups in total. The predicted molar refractivity (Wildman–Crippen MR) is 132 cm³/mol. The first-order valence-corrected chi connectivity index (χ1v) is 12.5. The van der Waals surface area contributed by atoms with E-state index >= 15 is 0 Å². The van der Waals surface area contributed by atoms with Gasteiger partial charge in [-0.05, 0) is 69.1 Å². The molecule has 3 unspecified atom stereocenters. The maximum atomic E-state index is 13.7. The third-order valence-electron chi connectivity index (χ3n) is 7.23. The molecule has 2 aliphatic heterocycles. The van der Waals surface area contributed by atoms with Crippen molar-refractivity contribution in [1.29, 1.82) is 0 Å². The summed E-state index contributed by atoms with van der Waals surface area (Å²) < 4.78 is 42.7. The van der Waals surface area contributed by atoms with Gasteiger partial charge in [-0.3, -0.25) is 4.79 Å². The van der Waals surface area contributed by atoms with E-state index in [4.69, 9.17) is 11.6 Å². The van der Waals surface area contributed by atoms with Crippen molar-refractivity contribution in [3.63, 3.8) is 0 Å². The summed E-state index contributed by atoms with van der Waals surface area (Å²) in [5.74, 6) is 0.162. The minimum atomic E-state index is -4.54. The Morgan fingerprint density at radius 2 is 2.00 bits per heavy atom. The highest BCUT2D eigenvalue weighted by Gasteiger charge is 2.36. The molecule has 0 aliphatic carbocycles. The van der Waals surface area contributed by atoms with Gasteiger partial charge in [-0.1, -0.05) is 22.9 Å². The minimum Gasteiger partial charge on any atom is -0.368 e. The molecule has 0 radical (unpaired) electrons. The van der Waals surface area contributed by atoms with Gasteiger partial charge in [0.25, 0.3) is 0 Å². The molecular weight excluding hydrogens is 493 g/mol.